The van der Waals surface area contributed by atoms with Crippen LogP contribution in [0.3, 0.4) is 0 Å². The zero-order chi connectivity index (χ0) is 12.1. The molecule has 0 aliphatic carbocycles. The van der Waals surface area contributed by atoms with Crippen molar-refractivity contribution in [1.29, 1.82) is 0 Å². The summed E-state index contributed by atoms with van der Waals surface area (Å²) in [6.07, 6.45) is 1.21. The van der Waals surface area contributed by atoms with Gasteiger partial charge in [0, 0.05) is 33.4 Å². The summed E-state index contributed by atoms with van der Waals surface area (Å²) in [5.74, 6) is 3.92. The second kappa shape index (κ2) is 7.07. The Bertz CT molecular complexity index is 331. The van der Waals surface area contributed by atoms with Crippen LogP contribution < -0.4 is 5.32 Å². The van der Waals surface area contributed by atoms with Crippen LogP contribution >= 0.6 is 34.9 Å². The van der Waals surface area contributed by atoms with E-state index in [-0.39, 0.29) is 0 Å². The molecule has 0 amide bonds. The number of thiophene rings is 1. The van der Waals surface area contributed by atoms with Crippen molar-refractivity contribution in [2.24, 2.45) is 0 Å². The SMILES string of the molecule is CCCNC(c1csc(C)c1)C1CSCCS1. The monoisotopic (exact) mass is 287 g/mol. The van der Waals surface area contributed by atoms with Crippen molar-refractivity contribution in [1.82, 2.24) is 5.32 Å². The maximum absolute atomic E-state index is 3.74. The third-order valence-corrected chi connectivity index (χ3v) is 6.68. The predicted molar refractivity (Wildman–Crippen MR) is 83.7 cm³/mol. The van der Waals surface area contributed by atoms with Crippen molar-refractivity contribution in [3.05, 3.63) is 21.9 Å². The van der Waals surface area contributed by atoms with Crippen LogP contribution in [0.5, 0.6) is 0 Å². The zero-order valence-corrected chi connectivity index (χ0v) is 13.0. The standard InChI is InChI=1S/C13H21NS3/c1-3-4-14-13(11-7-10(2)17-8-11)12-9-15-5-6-16-12/h7-8,12-14H,3-6,9H2,1-2H3. The molecule has 1 aromatic rings. The van der Waals surface area contributed by atoms with Crippen LogP contribution in [-0.2, 0) is 0 Å². The third-order valence-electron chi connectivity index (χ3n) is 2.94. The number of hydrogen-bond donors (Lipinski definition) is 1. The van der Waals surface area contributed by atoms with E-state index in [1.54, 1.807) is 0 Å². The van der Waals surface area contributed by atoms with Crippen molar-refractivity contribution >= 4 is 34.9 Å². The summed E-state index contributed by atoms with van der Waals surface area (Å²) in [4.78, 5) is 1.43. The Hall–Kier alpha value is 0.360. The van der Waals surface area contributed by atoms with Gasteiger partial charge in [0.25, 0.3) is 0 Å². The van der Waals surface area contributed by atoms with Crippen LogP contribution in [0.1, 0.15) is 29.8 Å². The molecule has 1 N–H and O–H groups in total. The molecule has 4 heteroatoms. The maximum Gasteiger partial charge on any atom is 0.0457 e. The normalized spacial score (nSPS) is 22.6. The first-order chi connectivity index (χ1) is 8.31. The van der Waals surface area contributed by atoms with Gasteiger partial charge in [-0.15, -0.1) is 11.3 Å². The average Bonchev–Trinajstić information content (AvgIpc) is 2.78. The quantitative estimate of drug-likeness (QED) is 0.881. The minimum absolute atomic E-state index is 0.553. The molecule has 0 aromatic carbocycles. The fourth-order valence-corrected chi connectivity index (χ4v) is 5.70. The Balaban J connectivity index is 2.06. The van der Waals surface area contributed by atoms with E-state index in [2.05, 4.69) is 54.1 Å². The van der Waals surface area contributed by atoms with Crippen molar-refractivity contribution in [2.45, 2.75) is 31.6 Å². The molecule has 2 atom stereocenters. The first-order valence-corrected chi connectivity index (χ1v) is 9.37. The molecule has 1 fully saturated rings. The first-order valence-electron chi connectivity index (χ1n) is 6.29. The minimum Gasteiger partial charge on any atom is -0.309 e. The maximum atomic E-state index is 3.74. The minimum atomic E-state index is 0.553. The highest BCUT2D eigenvalue weighted by Gasteiger charge is 2.25. The molecule has 17 heavy (non-hydrogen) atoms. The Kier molecular flexibility index (Phi) is 5.74. The highest BCUT2D eigenvalue weighted by atomic mass is 32.2. The molecule has 0 bridgehead atoms. The van der Waals surface area contributed by atoms with Crippen LogP contribution in [0.4, 0.5) is 0 Å². The molecular weight excluding hydrogens is 266 g/mol. The zero-order valence-electron chi connectivity index (χ0n) is 10.6. The summed E-state index contributed by atoms with van der Waals surface area (Å²) in [6.45, 7) is 5.57. The van der Waals surface area contributed by atoms with Crippen LogP contribution in [0.25, 0.3) is 0 Å². The molecule has 1 aliphatic rings. The van der Waals surface area contributed by atoms with Gasteiger partial charge in [0.15, 0.2) is 0 Å². The van der Waals surface area contributed by atoms with Crippen LogP contribution in [0.2, 0.25) is 0 Å². The number of hydrogen-bond acceptors (Lipinski definition) is 4. The van der Waals surface area contributed by atoms with Crippen LogP contribution in [-0.4, -0.2) is 29.1 Å². The van der Waals surface area contributed by atoms with Gasteiger partial charge < -0.3 is 5.32 Å². The highest BCUT2D eigenvalue weighted by molar-refractivity contribution is 8.06. The lowest BCUT2D eigenvalue weighted by Gasteiger charge is -2.30. The summed E-state index contributed by atoms with van der Waals surface area (Å²) in [6, 6.07) is 2.91. The molecule has 2 unspecified atom stereocenters. The molecule has 0 saturated carbocycles. The van der Waals surface area contributed by atoms with Crippen molar-refractivity contribution < 1.29 is 0 Å². The fraction of sp³-hybridized carbons (Fsp3) is 0.692. The summed E-state index contributed by atoms with van der Waals surface area (Å²) in [7, 11) is 0. The van der Waals surface area contributed by atoms with Gasteiger partial charge in [-0.1, -0.05) is 6.92 Å². The number of nitrogens with one attached hydrogen (secondary N) is 1. The Morgan fingerprint density at radius 1 is 1.47 bits per heavy atom. The van der Waals surface area contributed by atoms with Gasteiger partial charge in [0.05, 0.1) is 0 Å². The van der Waals surface area contributed by atoms with Gasteiger partial charge >= 0.3 is 0 Å². The van der Waals surface area contributed by atoms with E-state index < -0.39 is 0 Å². The van der Waals surface area contributed by atoms with Gasteiger partial charge in [-0.2, -0.15) is 23.5 Å². The molecule has 96 valence electrons. The van der Waals surface area contributed by atoms with E-state index in [4.69, 9.17) is 0 Å². The second-order valence-corrected chi connectivity index (χ2v) is 8.02. The summed E-state index contributed by atoms with van der Waals surface area (Å²) < 4.78 is 0. The van der Waals surface area contributed by atoms with Gasteiger partial charge in [-0.05, 0) is 36.9 Å². The second-order valence-electron chi connectivity index (χ2n) is 4.41. The lowest BCUT2D eigenvalue weighted by Crippen LogP contribution is -2.33. The number of thioether (sulfide) groups is 2. The van der Waals surface area contributed by atoms with Gasteiger partial charge in [-0.3, -0.25) is 0 Å². The Morgan fingerprint density at radius 3 is 2.94 bits per heavy atom. The molecule has 2 heterocycles. The average molecular weight is 288 g/mol. The van der Waals surface area contributed by atoms with Crippen LogP contribution in [0, 0.1) is 6.92 Å². The molecule has 0 spiro atoms. The van der Waals surface area contributed by atoms with E-state index in [9.17, 15) is 0 Å². The van der Waals surface area contributed by atoms with Gasteiger partial charge in [0.1, 0.15) is 0 Å². The number of aryl methyl sites for hydroxylation is 1. The van der Waals surface area contributed by atoms with Crippen molar-refractivity contribution in [2.75, 3.05) is 23.8 Å². The molecule has 1 nitrogen and oxygen atoms in total. The Morgan fingerprint density at radius 2 is 2.35 bits per heavy atom. The Labute approximate surface area is 117 Å². The fourth-order valence-electron chi connectivity index (χ4n) is 2.09. The third kappa shape index (κ3) is 3.91. The molecule has 2 rings (SSSR count). The van der Waals surface area contributed by atoms with E-state index in [0.717, 1.165) is 11.8 Å². The molecule has 1 aliphatic heterocycles. The topological polar surface area (TPSA) is 12.0 Å². The molecule has 0 radical (unpaired) electrons. The van der Waals surface area contributed by atoms with E-state index in [1.807, 2.05) is 11.3 Å². The summed E-state index contributed by atoms with van der Waals surface area (Å²) in [5.41, 5.74) is 1.50. The van der Waals surface area contributed by atoms with Gasteiger partial charge in [-0.25, -0.2) is 0 Å². The lowest BCUT2D eigenvalue weighted by molar-refractivity contribution is 0.531. The molecule has 1 aromatic heterocycles. The smallest absolute Gasteiger partial charge is 0.0457 e. The van der Waals surface area contributed by atoms with Crippen molar-refractivity contribution in [3.63, 3.8) is 0 Å². The van der Waals surface area contributed by atoms with Crippen LogP contribution in [0.15, 0.2) is 11.4 Å². The summed E-state index contributed by atoms with van der Waals surface area (Å²) >= 11 is 6.13. The van der Waals surface area contributed by atoms with E-state index in [0.29, 0.717) is 6.04 Å². The summed E-state index contributed by atoms with van der Waals surface area (Å²) in [5, 5.41) is 6.82. The van der Waals surface area contributed by atoms with E-state index >= 15 is 0 Å². The van der Waals surface area contributed by atoms with Gasteiger partial charge in [0.2, 0.25) is 0 Å². The lowest BCUT2D eigenvalue weighted by atomic mass is 10.1. The predicted octanol–water partition coefficient (Wildman–Crippen LogP) is 3.95. The molecular formula is C13H21NS3. The van der Waals surface area contributed by atoms with Crippen molar-refractivity contribution in [3.8, 4) is 0 Å². The molecule has 1 saturated heterocycles. The largest absolute Gasteiger partial charge is 0.309 e. The van der Waals surface area contributed by atoms with E-state index in [1.165, 1.54) is 34.1 Å². The highest BCUT2D eigenvalue weighted by Crippen LogP contribution is 2.35. The number of rotatable bonds is 5. The first kappa shape index (κ1) is 13.8.